The van der Waals surface area contributed by atoms with Crippen molar-refractivity contribution in [2.24, 2.45) is 0 Å². The summed E-state index contributed by atoms with van der Waals surface area (Å²) < 4.78 is 24.3. The molecule has 3 aromatic rings. The average molecular weight is 471 g/mol. The molecule has 1 fully saturated rings. The molecule has 7 nitrogen and oxygen atoms in total. The molecule has 0 unspecified atom stereocenters. The Hall–Kier alpha value is -3.39. The Kier molecular flexibility index (Phi) is 7.24. The second-order valence-corrected chi connectivity index (χ2v) is 8.05. The summed E-state index contributed by atoms with van der Waals surface area (Å²) in [6.07, 6.45) is 2.60. The monoisotopic (exact) mass is 470 g/mol. The van der Waals surface area contributed by atoms with Crippen molar-refractivity contribution >= 4 is 23.3 Å². The van der Waals surface area contributed by atoms with Gasteiger partial charge in [-0.15, -0.1) is 0 Å². The Bertz CT molecular complexity index is 1110. The van der Waals surface area contributed by atoms with Crippen molar-refractivity contribution in [1.82, 2.24) is 14.9 Å². The van der Waals surface area contributed by atoms with Gasteiger partial charge in [0.1, 0.15) is 29.5 Å². The maximum atomic E-state index is 13.4. The number of aromatic nitrogens is 2. The van der Waals surface area contributed by atoms with Crippen molar-refractivity contribution in [3.63, 3.8) is 0 Å². The van der Waals surface area contributed by atoms with Crippen molar-refractivity contribution in [3.05, 3.63) is 71.3 Å². The molecule has 2 aromatic carbocycles. The third kappa shape index (κ3) is 5.90. The molecule has 1 aliphatic rings. The fraction of sp³-hybridized carbons (Fsp3) is 0.292. The number of amides is 1. The van der Waals surface area contributed by atoms with Gasteiger partial charge in [0.05, 0.1) is 18.6 Å². The molecule has 4 rings (SSSR count). The molecule has 1 aliphatic heterocycles. The lowest BCUT2D eigenvalue weighted by atomic mass is 10.1. The van der Waals surface area contributed by atoms with Crippen LogP contribution in [-0.4, -0.2) is 54.1 Å². The van der Waals surface area contributed by atoms with E-state index in [9.17, 15) is 9.18 Å². The predicted molar refractivity (Wildman–Crippen MR) is 124 cm³/mol. The zero-order valence-corrected chi connectivity index (χ0v) is 19.0. The number of ether oxygens (including phenoxy) is 2. The Labute approximate surface area is 196 Å². The van der Waals surface area contributed by atoms with Gasteiger partial charge < -0.3 is 19.3 Å². The second kappa shape index (κ2) is 10.5. The molecule has 1 saturated heterocycles. The van der Waals surface area contributed by atoms with Gasteiger partial charge in [0, 0.05) is 38.3 Å². The highest BCUT2D eigenvalue weighted by Crippen LogP contribution is 2.26. The Morgan fingerprint density at radius 1 is 1.03 bits per heavy atom. The van der Waals surface area contributed by atoms with Crippen molar-refractivity contribution in [3.8, 4) is 17.4 Å². The normalized spacial score (nSPS) is 14.0. The molecule has 2 heterocycles. The lowest BCUT2D eigenvalue weighted by Crippen LogP contribution is -2.36. The number of carbonyl (C=O) groups excluding carboxylic acids is 1. The molecule has 9 heteroatoms. The van der Waals surface area contributed by atoms with Crippen LogP contribution in [0.2, 0.25) is 5.02 Å². The first-order valence-electron chi connectivity index (χ1n) is 10.6. The molecule has 0 N–H and O–H groups in total. The zero-order valence-electron chi connectivity index (χ0n) is 18.2. The Balaban J connectivity index is 1.37. The quantitative estimate of drug-likeness (QED) is 0.533. The van der Waals surface area contributed by atoms with Gasteiger partial charge in [-0.1, -0.05) is 23.7 Å². The molecular weight excluding hydrogens is 447 g/mol. The topological polar surface area (TPSA) is 67.8 Å². The molecule has 33 heavy (non-hydrogen) atoms. The van der Waals surface area contributed by atoms with Gasteiger partial charge in [0.15, 0.2) is 0 Å². The summed E-state index contributed by atoms with van der Waals surface area (Å²) in [6, 6.07) is 13.4. The van der Waals surface area contributed by atoms with E-state index in [-0.39, 0.29) is 10.9 Å². The number of benzene rings is 2. The summed E-state index contributed by atoms with van der Waals surface area (Å²) in [5, 5.41) is -0.0197. The van der Waals surface area contributed by atoms with Gasteiger partial charge in [0.25, 0.3) is 0 Å². The molecule has 0 atom stereocenters. The van der Waals surface area contributed by atoms with Gasteiger partial charge >= 0.3 is 0 Å². The van der Waals surface area contributed by atoms with Crippen LogP contribution in [0.15, 0.2) is 54.9 Å². The minimum Gasteiger partial charge on any atom is -0.497 e. The third-order valence-corrected chi connectivity index (χ3v) is 5.72. The summed E-state index contributed by atoms with van der Waals surface area (Å²) in [4.78, 5) is 25.3. The van der Waals surface area contributed by atoms with Crippen LogP contribution in [0.25, 0.3) is 0 Å². The fourth-order valence-corrected chi connectivity index (χ4v) is 3.82. The third-order valence-electron chi connectivity index (χ3n) is 5.43. The van der Waals surface area contributed by atoms with Crippen molar-refractivity contribution in [2.45, 2.75) is 12.8 Å². The number of hydrogen-bond donors (Lipinski definition) is 0. The standard InChI is InChI=1S/C24H24ClFN4O3/c1-32-18-5-3-17(4-6-18)13-24(31)30-10-2-9-29(11-12-30)22-15-23(28-16-27-22)33-19-7-8-21(26)20(25)14-19/h3-8,14-16H,2,9-13H2,1H3. The summed E-state index contributed by atoms with van der Waals surface area (Å²) in [6.45, 7) is 2.69. The maximum Gasteiger partial charge on any atom is 0.227 e. The van der Waals surface area contributed by atoms with E-state index in [1.54, 1.807) is 13.2 Å². The number of halogens is 2. The smallest absolute Gasteiger partial charge is 0.227 e. The Morgan fingerprint density at radius 3 is 2.58 bits per heavy atom. The first kappa shape index (κ1) is 22.8. The van der Waals surface area contributed by atoms with E-state index < -0.39 is 5.82 Å². The average Bonchev–Trinajstić information content (AvgIpc) is 3.09. The SMILES string of the molecule is COc1ccc(CC(=O)N2CCCN(c3cc(Oc4ccc(F)c(Cl)c4)ncn3)CC2)cc1. The zero-order chi connectivity index (χ0) is 23.2. The van der Waals surface area contributed by atoms with E-state index in [1.807, 2.05) is 29.2 Å². The minimum atomic E-state index is -0.511. The van der Waals surface area contributed by atoms with Crippen LogP contribution in [0.1, 0.15) is 12.0 Å². The number of anilines is 1. The molecule has 172 valence electrons. The van der Waals surface area contributed by atoms with Gasteiger partial charge in [-0.2, -0.15) is 0 Å². The van der Waals surface area contributed by atoms with E-state index >= 15 is 0 Å². The van der Waals surface area contributed by atoms with Crippen molar-refractivity contribution in [2.75, 3.05) is 38.2 Å². The van der Waals surface area contributed by atoms with Gasteiger partial charge in [-0.3, -0.25) is 4.79 Å². The molecule has 0 bridgehead atoms. The van der Waals surface area contributed by atoms with Crippen LogP contribution in [0.3, 0.4) is 0 Å². The van der Waals surface area contributed by atoms with Gasteiger partial charge in [-0.05, 0) is 36.2 Å². The van der Waals surface area contributed by atoms with E-state index in [0.717, 1.165) is 24.3 Å². The van der Waals surface area contributed by atoms with Crippen LogP contribution < -0.4 is 14.4 Å². The largest absolute Gasteiger partial charge is 0.497 e. The van der Waals surface area contributed by atoms with Crippen LogP contribution in [0.4, 0.5) is 10.2 Å². The summed E-state index contributed by atoms with van der Waals surface area (Å²) in [5.41, 5.74) is 0.959. The van der Waals surface area contributed by atoms with Crippen molar-refractivity contribution in [1.29, 1.82) is 0 Å². The van der Waals surface area contributed by atoms with Gasteiger partial charge in [0.2, 0.25) is 11.8 Å². The second-order valence-electron chi connectivity index (χ2n) is 7.64. The summed E-state index contributed by atoms with van der Waals surface area (Å²) in [5.74, 6) is 1.78. The van der Waals surface area contributed by atoms with Crippen LogP contribution in [-0.2, 0) is 11.2 Å². The van der Waals surface area contributed by atoms with Crippen LogP contribution in [0.5, 0.6) is 17.4 Å². The summed E-state index contributed by atoms with van der Waals surface area (Å²) in [7, 11) is 1.62. The number of carbonyl (C=O) groups is 1. The van der Waals surface area contributed by atoms with E-state index in [0.29, 0.717) is 43.5 Å². The lowest BCUT2D eigenvalue weighted by molar-refractivity contribution is -0.130. The number of hydrogen-bond acceptors (Lipinski definition) is 6. The van der Waals surface area contributed by atoms with E-state index in [1.165, 1.54) is 24.5 Å². The van der Waals surface area contributed by atoms with E-state index in [2.05, 4.69) is 14.9 Å². The molecule has 0 saturated carbocycles. The maximum absolute atomic E-state index is 13.4. The van der Waals surface area contributed by atoms with Crippen molar-refractivity contribution < 1.29 is 18.7 Å². The number of nitrogens with zero attached hydrogens (tertiary/aromatic N) is 4. The highest BCUT2D eigenvalue weighted by molar-refractivity contribution is 6.30. The van der Waals surface area contributed by atoms with E-state index in [4.69, 9.17) is 21.1 Å². The number of rotatable bonds is 6. The molecule has 0 aliphatic carbocycles. The predicted octanol–water partition coefficient (Wildman–Crippen LogP) is 4.35. The highest BCUT2D eigenvalue weighted by atomic mass is 35.5. The molecule has 0 spiro atoms. The molecule has 1 amide bonds. The molecule has 1 aromatic heterocycles. The summed E-state index contributed by atoms with van der Waals surface area (Å²) >= 11 is 5.82. The molecule has 0 radical (unpaired) electrons. The van der Waals surface area contributed by atoms with Crippen LogP contribution >= 0.6 is 11.6 Å². The lowest BCUT2D eigenvalue weighted by Gasteiger charge is -2.23. The van der Waals surface area contributed by atoms with Crippen LogP contribution in [0, 0.1) is 5.82 Å². The first-order chi connectivity index (χ1) is 16.0. The first-order valence-corrected chi connectivity index (χ1v) is 11.0. The Morgan fingerprint density at radius 2 is 1.82 bits per heavy atom. The van der Waals surface area contributed by atoms with Gasteiger partial charge in [-0.25, -0.2) is 14.4 Å². The molecular formula is C24H24ClFN4O3. The fourth-order valence-electron chi connectivity index (χ4n) is 3.65. The number of methoxy groups -OCH3 is 1. The minimum absolute atomic E-state index is 0.0197. The highest BCUT2D eigenvalue weighted by Gasteiger charge is 2.20.